The second kappa shape index (κ2) is 22.5. The van der Waals surface area contributed by atoms with Crippen molar-refractivity contribution in [2.45, 2.75) is 101 Å². The van der Waals surface area contributed by atoms with E-state index in [1.165, 1.54) is 0 Å². The number of allylic oxidation sites excluding steroid dienone is 6. The summed E-state index contributed by atoms with van der Waals surface area (Å²) < 4.78 is 105. The summed E-state index contributed by atoms with van der Waals surface area (Å²) in [5.74, 6) is -3.60. The molecule has 0 aromatic heterocycles. The zero-order valence-corrected chi connectivity index (χ0v) is 44.6. The second-order valence-corrected chi connectivity index (χ2v) is 20.5. The molecular weight excluding hydrogens is 917 g/mol. The molecule has 0 spiro atoms. The minimum Gasteiger partial charge on any atom is -0.748 e. The fourth-order valence-electron chi connectivity index (χ4n) is 7.94. The minimum absolute atomic E-state index is 0. The maximum absolute atomic E-state index is 12.3. The second-order valence-electron chi connectivity index (χ2n) is 16.2. The predicted octanol–water partition coefficient (Wildman–Crippen LogP) is -1.55. The number of carbonyl (C=O) groups excluding carboxylic acids is 3. The van der Waals surface area contributed by atoms with Crippen molar-refractivity contribution in [3.63, 3.8) is 0 Å². The van der Waals surface area contributed by atoms with E-state index in [1.807, 2.05) is 63.0 Å². The Labute approximate surface area is 449 Å². The smallest absolute Gasteiger partial charge is 0.748 e. The molecule has 0 atom stereocenters. The van der Waals surface area contributed by atoms with Crippen molar-refractivity contribution < 1.29 is 165 Å². The molecule has 3 aliphatic rings. The van der Waals surface area contributed by atoms with E-state index in [0.717, 1.165) is 33.9 Å². The number of hydroxylamine groups is 2. The first-order valence-corrected chi connectivity index (χ1v) is 24.2. The molecule has 21 heteroatoms. The van der Waals surface area contributed by atoms with Gasteiger partial charge in [-0.3, -0.25) is 9.59 Å². The van der Waals surface area contributed by atoms with Crippen molar-refractivity contribution in [3.8, 4) is 0 Å². The Morgan fingerprint density at radius 3 is 1.94 bits per heavy atom. The van der Waals surface area contributed by atoms with Crippen LogP contribution in [0.4, 0.5) is 11.4 Å². The molecule has 3 heterocycles. The first-order chi connectivity index (χ1) is 27.9. The summed E-state index contributed by atoms with van der Waals surface area (Å²) >= 11 is 0. The SMILES string of the molecule is CC1(C)C(/C=C/C=C/C=C2/N(CCCCS(=O)(=O)[O-])c3ccc(CS(=O)(=O)[O-])cc3C2(C)C)=[N+](CCCCCC(=O)ON2C(=O)CCC2=O)c2ccc(CS(=O)(=O)[O-])cc21.[K+].[K+]. The van der Waals surface area contributed by atoms with Crippen molar-refractivity contribution in [2.75, 3.05) is 23.7 Å². The van der Waals surface area contributed by atoms with Crippen LogP contribution in [0, 0.1) is 0 Å². The summed E-state index contributed by atoms with van der Waals surface area (Å²) in [6, 6.07) is 10.1. The van der Waals surface area contributed by atoms with Gasteiger partial charge in [0.05, 0.1) is 47.3 Å². The van der Waals surface area contributed by atoms with Crippen LogP contribution in [0.15, 0.2) is 72.5 Å². The third kappa shape index (κ3) is 14.6. The fourth-order valence-corrected chi connectivity index (χ4v) is 9.68. The Kier molecular flexibility index (Phi) is 20.0. The largest absolute Gasteiger partial charge is 1.00 e. The van der Waals surface area contributed by atoms with Crippen molar-refractivity contribution >= 4 is 65.2 Å². The Morgan fingerprint density at radius 1 is 0.742 bits per heavy atom. The van der Waals surface area contributed by atoms with Crippen LogP contribution >= 0.6 is 0 Å². The van der Waals surface area contributed by atoms with Crippen LogP contribution in [0.5, 0.6) is 0 Å². The number of imide groups is 1. The molecule has 326 valence electrons. The van der Waals surface area contributed by atoms with Crippen LogP contribution in [0.1, 0.15) is 101 Å². The summed E-state index contributed by atoms with van der Waals surface area (Å²) in [7, 11) is -13.5. The number of anilines is 1. The summed E-state index contributed by atoms with van der Waals surface area (Å²) in [6.07, 6.45) is 11.6. The van der Waals surface area contributed by atoms with E-state index in [9.17, 15) is 53.3 Å². The first kappa shape index (κ1) is 55.1. The van der Waals surface area contributed by atoms with Gasteiger partial charge < -0.3 is 23.4 Å². The van der Waals surface area contributed by atoms with Gasteiger partial charge in [0.2, 0.25) is 5.69 Å². The molecule has 0 unspecified atom stereocenters. The molecule has 62 heavy (non-hydrogen) atoms. The van der Waals surface area contributed by atoms with E-state index in [1.54, 1.807) is 36.4 Å². The maximum atomic E-state index is 12.3. The molecule has 0 radical (unpaired) electrons. The van der Waals surface area contributed by atoms with Gasteiger partial charge in [0, 0.05) is 72.5 Å². The van der Waals surface area contributed by atoms with E-state index in [4.69, 9.17) is 4.84 Å². The van der Waals surface area contributed by atoms with Crippen molar-refractivity contribution in [1.82, 2.24) is 5.06 Å². The topological polar surface area (TPSA) is 242 Å². The molecule has 16 nitrogen and oxygen atoms in total. The van der Waals surface area contributed by atoms with E-state index in [-0.39, 0.29) is 128 Å². The molecule has 0 aliphatic carbocycles. The van der Waals surface area contributed by atoms with Gasteiger partial charge in [-0.1, -0.05) is 50.3 Å². The van der Waals surface area contributed by atoms with Crippen molar-refractivity contribution in [1.29, 1.82) is 0 Å². The molecule has 2 amide bonds. The molecule has 3 aliphatic heterocycles. The van der Waals surface area contributed by atoms with E-state index in [0.29, 0.717) is 55.0 Å². The van der Waals surface area contributed by atoms with Gasteiger partial charge in [0.25, 0.3) is 11.8 Å². The Hall–Kier alpha value is -1.26. The zero-order valence-electron chi connectivity index (χ0n) is 35.9. The number of hydrogen-bond donors (Lipinski definition) is 0. The third-order valence-electron chi connectivity index (χ3n) is 10.8. The summed E-state index contributed by atoms with van der Waals surface area (Å²) in [6.45, 7) is 8.78. The van der Waals surface area contributed by atoms with Crippen molar-refractivity contribution in [2.24, 2.45) is 0 Å². The molecule has 0 saturated carbocycles. The summed E-state index contributed by atoms with van der Waals surface area (Å²) in [4.78, 5) is 42.9. The third-order valence-corrected chi connectivity index (χ3v) is 13.0. The van der Waals surface area contributed by atoms with Crippen LogP contribution < -0.4 is 108 Å². The van der Waals surface area contributed by atoms with Crippen LogP contribution in [0.3, 0.4) is 0 Å². The standard InChI is InChI=1S/C41H51N3O13S3.2K/c1-40(2)31-25-29(27-59(51,52)53)16-18-33(31)42(22-10-6-9-15-39(47)57-44-37(45)20-21-38(44)46)35(40)13-7-5-8-14-36-41(3,4)32-26-30(28-60(54,55)56)17-19-34(32)43(36)23-11-12-24-58(48,49)50;;/h5,7-8,13-14,16-19,25-26H,6,9-12,15,20-24,27-28H2,1-4H3,(H2-,48,49,50,51,52,53,54,55,56);;/q;2*+1/p-2. The van der Waals surface area contributed by atoms with Crippen LogP contribution in [0.25, 0.3) is 0 Å². The molecule has 2 aromatic rings. The molecular formula is C41H49K2N3O13S3. The van der Waals surface area contributed by atoms with Gasteiger partial charge in [0.1, 0.15) is 6.54 Å². The van der Waals surface area contributed by atoms with E-state index >= 15 is 0 Å². The first-order valence-electron chi connectivity index (χ1n) is 19.5. The monoisotopic (exact) mass is 965 g/mol. The molecule has 0 N–H and O–H groups in total. The Bertz CT molecular complexity index is 2500. The number of amides is 2. The Balaban J connectivity index is 0.00000512. The molecule has 1 fully saturated rings. The van der Waals surface area contributed by atoms with Crippen LogP contribution in [-0.2, 0) is 71.9 Å². The van der Waals surface area contributed by atoms with Gasteiger partial charge in [-0.25, -0.2) is 30.0 Å². The number of unbranched alkanes of at least 4 members (excludes halogenated alkanes) is 3. The number of rotatable bonds is 19. The fraction of sp³-hybridized carbons (Fsp3) is 0.463. The maximum Gasteiger partial charge on any atom is 1.00 e. The number of fused-ring (bicyclic) bond motifs is 2. The number of hydrogen-bond acceptors (Lipinski definition) is 14. The Morgan fingerprint density at radius 2 is 1.34 bits per heavy atom. The van der Waals surface area contributed by atoms with E-state index < -0.39 is 76.2 Å². The van der Waals surface area contributed by atoms with Gasteiger partial charge in [0.15, 0.2) is 5.71 Å². The average molecular weight is 966 g/mol. The van der Waals surface area contributed by atoms with Gasteiger partial charge >= 0.3 is 109 Å². The van der Waals surface area contributed by atoms with Crippen molar-refractivity contribution in [3.05, 3.63) is 94.7 Å². The molecule has 1 saturated heterocycles. The number of nitrogens with zero attached hydrogens (tertiary/aromatic N) is 3. The molecule has 0 bridgehead atoms. The van der Waals surface area contributed by atoms with Crippen LogP contribution in [-0.4, -0.2) is 90.9 Å². The van der Waals surface area contributed by atoms with Gasteiger partial charge in [-0.2, -0.15) is 4.58 Å². The van der Waals surface area contributed by atoms with Gasteiger partial charge in [-0.05, 0) is 74.4 Å². The summed E-state index contributed by atoms with van der Waals surface area (Å²) in [5, 5.41) is 0.527. The van der Waals surface area contributed by atoms with E-state index in [2.05, 4.69) is 4.58 Å². The summed E-state index contributed by atoms with van der Waals surface area (Å²) in [5.41, 5.74) is 4.32. The zero-order chi connectivity index (χ0) is 44.3. The number of benzene rings is 2. The predicted molar refractivity (Wildman–Crippen MR) is 219 cm³/mol. The van der Waals surface area contributed by atoms with Gasteiger partial charge in [-0.15, -0.1) is 5.06 Å². The minimum atomic E-state index is -4.54. The molecule has 2 aromatic carbocycles. The quantitative estimate of drug-likeness (QED) is 0.0387. The average Bonchev–Trinajstić information content (AvgIpc) is 3.63. The molecule has 5 rings (SSSR count). The van der Waals surface area contributed by atoms with Crippen LogP contribution in [0.2, 0.25) is 0 Å². The number of carbonyl (C=O) groups is 3. The normalized spacial score (nSPS) is 17.8.